The number of fused-ring (bicyclic) bond motifs is 1. The molecule has 3 amide bonds. The minimum Gasteiger partial charge on any atom is -0.359 e. The van der Waals surface area contributed by atoms with Crippen molar-refractivity contribution in [3.8, 4) is 0 Å². The van der Waals surface area contributed by atoms with Crippen LogP contribution in [0.2, 0.25) is 0 Å². The number of carbonyl (C=O) groups is 3. The van der Waals surface area contributed by atoms with Crippen molar-refractivity contribution in [2.75, 3.05) is 5.32 Å². The summed E-state index contributed by atoms with van der Waals surface area (Å²) in [6.07, 6.45) is 12.6. The minimum atomic E-state index is -1.09. The lowest BCUT2D eigenvalue weighted by molar-refractivity contribution is -0.145. The Hall–Kier alpha value is -2.67. The Balaban J connectivity index is 1.29. The lowest BCUT2D eigenvalue weighted by Crippen LogP contribution is -2.58. The summed E-state index contributed by atoms with van der Waals surface area (Å²) >= 11 is 0. The van der Waals surface area contributed by atoms with Gasteiger partial charge < -0.3 is 20.3 Å². The molecule has 0 aromatic heterocycles. The second kappa shape index (κ2) is 10.4. The summed E-state index contributed by atoms with van der Waals surface area (Å²) in [7, 11) is 0. The number of benzene rings is 1. The van der Waals surface area contributed by atoms with Crippen LogP contribution in [-0.4, -0.2) is 52.5 Å². The van der Waals surface area contributed by atoms with Crippen LogP contribution in [0.4, 0.5) is 5.69 Å². The van der Waals surface area contributed by atoms with Gasteiger partial charge in [0.2, 0.25) is 17.7 Å². The minimum absolute atomic E-state index is 0.000815. The maximum atomic E-state index is 14.3. The largest absolute Gasteiger partial charge is 0.359 e. The van der Waals surface area contributed by atoms with Crippen LogP contribution in [0.15, 0.2) is 36.4 Å². The van der Waals surface area contributed by atoms with Crippen LogP contribution in [0.3, 0.4) is 0 Å². The summed E-state index contributed by atoms with van der Waals surface area (Å²) in [4.78, 5) is 43.9. The van der Waals surface area contributed by atoms with Crippen molar-refractivity contribution in [1.29, 1.82) is 0 Å². The normalized spacial score (nSPS) is 35.9. The van der Waals surface area contributed by atoms with Crippen molar-refractivity contribution in [2.24, 2.45) is 17.8 Å². The average molecular weight is 534 g/mol. The molecule has 1 aromatic carbocycles. The molecule has 2 saturated carbocycles. The summed E-state index contributed by atoms with van der Waals surface area (Å²) in [5, 5.41) is 6.35. The van der Waals surface area contributed by atoms with Crippen LogP contribution in [0.5, 0.6) is 0 Å². The first-order valence-corrected chi connectivity index (χ1v) is 15.2. The molecule has 2 N–H and O–H groups in total. The summed E-state index contributed by atoms with van der Waals surface area (Å²) in [5.41, 5.74) is 0.821. The van der Waals surface area contributed by atoms with Gasteiger partial charge in [0, 0.05) is 17.8 Å². The maximum absolute atomic E-state index is 14.3. The molecule has 6 rings (SSSR count). The highest BCUT2D eigenvalue weighted by Gasteiger charge is 2.73. The van der Waals surface area contributed by atoms with E-state index >= 15 is 0 Å². The van der Waals surface area contributed by atoms with Crippen LogP contribution >= 0.6 is 0 Å². The Morgan fingerprint density at radius 1 is 0.974 bits per heavy atom. The molecule has 0 radical (unpaired) electrons. The number of anilines is 1. The molecular weight excluding hydrogens is 490 g/mol. The van der Waals surface area contributed by atoms with Gasteiger partial charge in [-0.05, 0) is 68.1 Å². The predicted octanol–water partition coefficient (Wildman–Crippen LogP) is 4.93. The molecule has 7 nitrogen and oxygen atoms in total. The van der Waals surface area contributed by atoms with Crippen LogP contribution in [0.1, 0.15) is 90.0 Å². The molecule has 210 valence electrons. The number of hydrogen-bond acceptors (Lipinski definition) is 4. The van der Waals surface area contributed by atoms with Crippen molar-refractivity contribution < 1.29 is 19.1 Å². The van der Waals surface area contributed by atoms with Crippen LogP contribution in [0, 0.1) is 17.8 Å². The van der Waals surface area contributed by atoms with E-state index in [2.05, 4.69) is 31.4 Å². The Bertz CT molecular complexity index is 1130. The van der Waals surface area contributed by atoms with Crippen molar-refractivity contribution >= 4 is 23.4 Å². The first-order chi connectivity index (χ1) is 18.8. The van der Waals surface area contributed by atoms with E-state index in [1.54, 1.807) is 0 Å². The highest BCUT2D eigenvalue weighted by atomic mass is 16.5. The molecule has 3 heterocycles. The molecule has 2 saturated heterocycles. The molecule has 39 heavy (non-hydrogen) atoms. The second-order valence-electron chi connectivity index (χ2n) is 13.0. The highest BCUT2D eigenvalue weighted by molar-refractivity contribution is 6.03. The molecule has 5 atom stereocenters. The smallest absolute Gasteiger partial charge is 0.246 e. The Morgan fingerprint density at radius 3 is 2.33 bits per heavy atom. The predicted molar refractivity (Wildman–Crippen MR) is 150 cm³/mol. The van der Waals surface area contributed by atoms with Gasteiger partial charge in [-0.1, -0.05) is 64.3 Å². The van der Waals surface area contributed by atoms with Gasteiger partial charge in [-0.2, -0.15) is 0 Å². The number of nitrogens with zero attached hydrogens (tertiary/aromatic N) is 1. The van der Waals surface area contributed by atoms with Gasteiger partial charge >= 0.3 is 0 Å². The zero-order valence-electron chi connectivity index (χ0n) is 23.5. The topological polar surface area (TPSA) is 87.7 Å². The molecule has 0 unspecified atom stereocenters. The third-order valence-corrected chi connectivity index (χ3v) is 10.0. The van der Waals surface area contributed by atoms with E-state index in [0.717, 1.165) is 51.4 Å². The van der Waals surface area contributed by atoms with Gasteiger partial charge in [0.05, 0.1) is 17.9 Å². The molecule has 2 aliphatic carbocycles. The molecule has 2 bridgehead atoms. The number of rotatable bonds is 6. The molecule has 1 aromatic rings. The van der Waals surface area contributed by atoms with E-state index in [4.69, 9.17) is 4.74 Å². The first kappa shape index (κ1) is 26.5. The van der Waals surface area contributed by atoms with Gasteiger partial charge in [-0.3, -0.25) is 14.4 Å². The lowest BCUT2D eigenvalue weighted by Gasteiger charge is -2.40. The zero-order chi connectivity index (χ0) is 27.3. The van der Waals surface area contributed by atoms with Gasteiger partial charge in [0.25, 0.3) is 0 Å². The zero-order valence-corrected chi connectivity index (χ0v) is 23.5. The Morgan fingerprint density at radius 2 is 1.67 bits per heavy atom. The third-order valence-electron chi connectivity index (χ3n) is 10.0. The number of carbonyl (C=O) groups excluding carboxylic acids is 3. The van der Waals surface area contributed by atoms with E-state index in [1.807, 2.05) is 41.3 Å². The van der Waals surface area contributed by atoms with E-state index in [9.17, 15) is 14.4 Å². The Labute approximate surface area is 232 Å². The molecule has 5 aliphatic rings. The quantitative estimate of drug-likeness (QED) is 0.508. The first-order valence-electron chi connectivity index (χ1n) is 15.2. The van der Waals surface area contributed by atoms with Gasteiger partial charge in [-0.15, -0.1) is 0 Å². The van der Waals surface area contributed by atoms with Crippen LogP contribution in [0.25, 0.3) is 0 Å². The average Bonchev–Trinajstić information content (AvgIpc) is 3.57. The molecular formula is C32H43N3O4. The van der Waals surface area contributed by atoms with Crippen molar-refractivity contribution in [2.45, 2.75) is 114 Å². The van der Waals surface area contributed by atoms with Crippen LogP contribution < -0.4 is 10.6 Å². The fourth-order valence-electron chi connectivity index (χ4n) is 7.82. The van der Waals surface area contributed by atoms with E-state index in [-0.39, 0.29) is 29.8 Å². The number of ether oxygens (including phenoxy) is 1. The SMILES string of the molecule is CC1CCC(N2C(=O)[C@H]3[C@@H](C(=O)Nc4ccc(C(C)C)cc4)[C@H]4C=C[C@@]3(O4)[C@H]2C(=O)NC2CCCCC2)CC1. The molecule has 3 aliphatic heterocycles. The number of nitrogens with one attached hydrogen (secondary N) is 2. The lowest BCUT2D eigenvalue weighted by atomic mass is 9.74. The van der Waals surface area contributed by atoms with Gasteiger partial charge in [-0.25, -0.2) is 0 Å². The van der Waals surface area contributed by atoms with E-state index < -0.39 is 29.6 Å². The molecule has 1 spiro atoms. The highest BCUT2D eigenvalue weighted by Crippen LogP contribution is 2.56. The van der Waals surface area contributed by atoms with Crippen molar-refractivity contribution in [3.63, 3.8) is 0 Å². The standard InChI is InChI=1S/C32H43N3O4/c1-19(2)21-11-13-23(14-12-21)33-29(36)26-25-17-18-32(39-25)27(26)31(38)35(24-15-9-20(3)10-16-24)28(32)30(37)34-22-7-5-4-6-8-22/h11-14,17-20,22,24-28H,4-10,15-16H2,1-3H3,(H,33,36)(H,34,37)/t20?,24?,25-,26+,27-,28-,32+/m1/s1. The molecule has 4 fully saturated rings. The van der Waals surface area contributed by atoms with E-state index in [0.29, 0.717) is 17.5 Å². The van der Waals surface area contributed by atoms with Crippen molar-refractivity contribution in [1.82, 2.24) is 10.2 Å². The monoisotopic (exact) mass is 533 g/mol. The second-order valence-corrected chi connectivity index (χ2v) is 13.0. The fourth-order valence-corrected chi connectivity index (χ4v) is 7.82. The summed E-state index contributed by atoms with van der Waals surface area (Å²) < 4.78 is 6.55. The van der Waals surface area contributed by atoms with Crippen molar-refractivity contribution in [3.05, 3.63) is 42.0 Å². The number of likely N-dealkylation sites (tertiary alicyclic amines) is 1. The summed E-state index contributed by atoms with van der Waals surface area (Å²) in [6, 6.07) is 7.28. The third kappa shape index (κ3) is 4.60. The number of amides is 3. The van der Waals surface area contributed by atoms with Crippen LogP contribution in [-0.2, 0) is 19.1 Å². The summed E-state index contributed by atoms with van der Waals surface area (Å²) in [5.74, 6) is -0.757. The maximum Gasteiger partial charge on any atom is 0.246 e. The molecule has 7 heteroatoms. The van der Waals surface area contributed by atoms with Gasteiger partial charge in [0.1, 0.15) is 11.6 Å². The van der Waals surface area contributed by atoms with Gasteiger partial charge in [0.15, 0.2) is 0 Å². The number of hydrogen-bond donors (Lipinski definition) is 2. The Kier molecular flexibility index (Phi) is 7.07. The summed E-state index contributed by atoms with van der Waals surface area (Å²) in [6.45, 7) is 6.53. The fraction of sp³-hybridized carbons (Fsp3) is 0.656. The van der Waals surface area contributed by atoms with E-state index in [1.165, 1.54) is 12.0 Å².